The number of carboxylic acid groups (broad SMARTS) is 1. The number of carbonyl (C=O) groups excluding carboxylic acids is 2. The van der Waals surface area contributed by atoms with E-state index in [4.69, 9.17) is 9.84 Å². The Labute approximate surface area is 227 Å². The van der Waals surface area contributed by atoms with Crippen LogP contribution in [0.4, 0.5) is 0 Å². The van der Waals surface area contributed by atoms with Gasteiger partial charge in [-0.15, -0.1) is 0 Å². The third-order valence-corrected chi connectivity index (χ3v) is 6.69. The van der Waals surface area contributed by atoms with Crippen molar-refractivity contribution < 1.29 is 24.2 Å². The Balaban J connectivity index is 4.05. The molecule has 0 aromatic carbocycles. The summed E-state index contributed by atoms with van der Waals surface area (Å²) in [6.45, 7) is 4.12. The first-order chi connectivity index (χ1) is 18.0. The molecule has 0 fully saturated rings. The maximum atomic E-state index is 12.5. The van der Waals surface area contributed by atoms with E-state index in [1.54, 1.807) is 0 Å². The molecule has 0 aromatic rings. The number of allylic oxidation sites excluding steroid dienone is 2. The molecule has 0 spiro atoms. The van der Waals surface area contributed by atoms with Crippen molar-refractivity contribution in [1.29, 1.82) is 0 Å². The van der Waals surface area contributed by atoms with Crippen LogP contribution >= 0.6 is 0 Å². The van der Waals surface area contributed by atoms with Gasteiger partial charge in [-0.1, -0.05) is 96.6 Å². The average molecular weight is 524 g/mol. The minimum Gasteiger partial charge on any atom is -0.480 e. The Kier molecular flexibility index (Phi) is 25.8. The number of carboxylic acids is 1. The largest absolute Gasteiger partial charge is 0.480 e. The maximum absolute atomic E-state index is 12.5. The highest BCUT2D eigenvalue weighted by atomic mass is 16.5. The second kappa shape index (κ2) is 27.2. The molecule has 1 atom stereocenters. The number of aliphatic carboxylic acids is 1. The van der Waals surface area contributed by atoms with Crippen molar-refractivity contribution in [3.63, 3.8) is 0 Å². The number of carbonyl (C=O) groups is 3. The molecule has 0 rings (SSSR count). The van der Waals surface area contributed by atoms with Gasteiger partial charge in [0.05, 0.1) is 0 Å². The van der Waals surface area contributed by atoms with E-state index in [1.807, 2.05) is 0 Å². The fourth-order valence-corrected chi connectivity index (χ4v) is 4.38. The zero-order chi connectivity index (χ0) is 27.4. The van der Waals surface area contributed by atoms with Crippen LogP contribution in [0.5, 0.6) is 0 Å². The van der Waals surface area contributed by atoms with E-state index in [-0.39, 0.29) is 24.5 Å². The molecule has 37 heavy (non-hydrogen) atoms. The van der Waals surface area contributed by atoms with E-state index >= 15 is 0 Å². The lowest BCUT2D eigenvalue weighted by atomic mass is 10.0. The van der Waals surface area contributed by atoms with Crippen LogP contribution in [0.15, 0.2) is 12.2 Å². The van der Waals surface area contributed by atoms with Crippen LogP contribution in [0.25, 0.3) is 0 Å². The van der Waals surface area contributed by atoms with Crippen molar-refractivity contribution in [3.05, 3.63) is 12.2 Å². The van der Waals surface area contributed by atoms with Crippen molar-refractivity contribution >= 4 is 17.8 Å². The third-order valence-electron chi connectivity index (χ3n) is 6.69. The normalized spacial score (nSPS) is 12.1. The molecule has 0 aromatic heterocycles. The van der Waals surface area contributed by atoms with Gasteiger partial charge in [0.25, 0.3) is 0 Å². The number of unbranched alkanes of at least 4 members (excludes halogenated alkanes) is 14. The van der Waals surface area contributed by atoms with Gasteiger partial charge in [-0.3, -0.25) is 14.4 Å². The van der Waals surface area contributed by atoms with Crippen LogP contribution < -0.4 is 5.32 Å². The van der Waals surface area contributed by atoms with Gasteiger partial charge in [0.1, 0.15) is 12.6 Å². The van der Waals surface area contributed by atoms with Gasteiger partial charge < -0.3 is 15.2 Å². The van der Waals surface area contributed by atoms with Gasteiger partial charge >= 0.3 is 11.9 Å². The minimum atomic E-state index is -1.02. The summed E-state index contributed by atoms with van der Waals surface area (Å²) in [5.41, 5.74) is 0. The monoisotopic (exact) mass is 523 g/mol. The SMILES string of the molecule is CCCC/C=C\CCCCCCCC(=O)OC(CCCCCCC)CCCCCCC(=O)NCC(=O)O. The molecular formula is C31H57NO5. The smallest absolute Gasteiger partial charge is 0.322 e. The van der Waals surface area contributed by atoms with Crippen molar-refractivity contribution in [2.24, 2.45) is 0 Å². The molecule has 6 nitrogen and oxygen atoms in total. The first-order valence-corrected chi connectivity index (χ1v) is 15.3. The Hall–Kier alpha value is -1.85. The van der Waals surface area contributed by atoms with Crippen molar-refractivity contribution in [2.45, 2.75) is 161 Å². The number of ether oxygens (including phenoxy) is 1. The molecule has 0 saturated carbocycles. The number of hydrogen-bond acceptors (Lipinski definition) is 4. The molecule has 0 aliphatic carbocycles. The van der Waals surface area contributed by atoms with Gasteiger partial charge in [0.15, 0.2) is 0 Å². The lowest BCUT2D eigenvalue weighted by Crippen LogP contribution is -2.28. The zero-order valence-electron chi connectivity index (χ0n) is 24.1. The molecule has 1 amide bonds. The zero-order valence-corrected chi connectivity index (χ0v) is 24.1. The number of hydrogen-bond donors (Lipinski definition) is 2. The molecule has 0 radical (unpaired) electrons. The number of esters is 1. The Morgan fingerprint density at radius 1 is 0.676 bits per heavy atom. The van der Waals surface area contributed by atoms with E-state index in [0.29, 0.717) is 12.8 Å². The highest BCUT2D eigenvalue weighted by Gasteiger charge is 2.14. The van der Waals surface area contributed by atoms with Crippen LogP contribution in [0.2, 0.25) is 0 Å². The van der Waals surface area contributed by atoms with Gasteiger partial charge in [-0.05, 0) is 57.8 Å². The maximum Gasteiger partial charge on any atom is 0.322 e. The average Bonchev–Trinajstić information content (AvgIpc) is 2.87. The molecule has 0 aliphatic heterocycles. The lowest BCUT2D eigenvalue weighted by Gasteiger charge is -2.18. The standard InChI is InChI=1S/C31H57NO5/c1-3-5-7-9-10-11-12-13-14-16-22-26-31(36)37-28(23-19-15-8-6-4-2)24-20-17-18-21-25-29(33)32-27-30(34)35/h9-10,28H,3-8,11-27H2,1-2H3,(H,32,33)(H,34,35)/b10-9-. The summed E-state index contributed by atoms with van der Waals surface area (Å²) < 4.78 is 5.88. The number of amides is 1. The molecule has 2 N–H and O–H groups in total. The minimum absolute atomic E-state index is 0.00693. The quantitative estimate of drug-likeness (QED) is 0.0642. The second-order valence-electron chi connectivity index (χ2n) is 10.4. The summed E-state index contributed by atoms with van der Waals surface area (Å²) in [6.07, 6.45) is 27.6. The summed E-state index contributed by atoms with van der Waals surface area (Å²) in [5.74, 6) is -1.28. The Bertz CT molecular complexity index is 590. The highest BCUT2D eigenvalue weighted by molar-refractivity contribution is 5.80. The van der Waals surface area contributed by atoms with E-state index in [2.05, 4.69) is 31.3 Å². The van der Waals surface area contributed by atoms with Crippen LogP contribution in [-0.2, 0) is 19.1 Å². The highest BCUT2D eigenvalue weighted by Crippen LogP contribution is 2.18. The molecule has 0 saturated heterocycles. The Morgan fingerprint density at radius 3 is 1.81 bits per heavy atom. The van der Waals surface area contributed by atoms with Crippen LogP contribution in [-0.4, -0.2) is 35.6 Å². The van der Waals surface area contributed by atoms with E-state index in [1.165, 1.54) is 70.6 Å². The summed E-state index contributed by atoms with van der Waals surface area (Å²) >= 11 is 0. The summed E-state index contributed by atoms with van der Waals surface area (Å²) in [7, 11) is 0. The van der Waals surface area contributed by atoms with Crippen molar-refractivity contribution in [1.82, 2.24) is 5.32 Å². The summed E-state index contributed by atoms with van der Waals surface area (Å²) in [5, 5.41) is 11.0. The van der Waals surface area contributed by atoms with Crippen molar-refractivity contribution in [3.8, 4) is 0 Å². The Morgan fingerprint density at radius 2 is 1.19 bits per heavy atom. The number of nitrogens with one attached hydrogen (secondary N) is 1. The predicted molar refractivity (Wildman–Crippen MR) is 153 cm³/mol. The molecule has 0 aliphatic rings. The van der Waals surface area contributed by atoms with Crippen LogP contribution in [0.3, 0.4) is 0 Å². The van der Waals surface area contributed by atoms with E-state index in [9.17, 15) is 14.4 Å². The van der Waals surface area contributed by atoms with Gasteiger partial charge in [0.2, 0.25) is 5.91 Å². The predicted octanol–water partition coefficient (Wildman–Crippen LogP) is 8.28. The van der Waals surface area contributed by atoms with Gasteiger partial charge in [0, 0.05) is 12.8 Å². The molecule has 6 heteroatoms. The molecule has 0 heterocycles. The first kappa shape index (κ1) is 35.2. The van der Waals surface area contributed by atoms with Gasteiger partial charge in [-0.25, -0.2) is 0 Å². The van der Waals surface area contributed by atoms with Crippen molar-refractivity contribution in [2.75, 3.05) is 6.54 Å². The fourth-order valence-electron chi connectivity index (χ4n) is 4.38. The second-order valence-corrected chi connectivity index (χ2v) is 10.4. The lowest BCUT2D eigenvalue weighted by molar-refractivity contribution is -0.150. The van der Waals surface area contributed by atoms with Crippen LogP contribution in [0, 0.1) is 0 Å². The molecular weight excluding hydrogens is 466 g/mol. The van der Waals surface area contributed by atoms with E-state index in [0.717, 1.165) is 57.8 Å². The van der Waals surface area contributed by atoms with Crippen LogP contribution in [0.1, 0.15) is 155 Å². The molecule has 0 bridgehead atoms. The summed E-state index contributed by atoms with van der Waals surface area (Å²) in [4.78, 5) is 34.5. The van der Waals surface area contributed by atoms with Gasteiger partial charge in [-0.2, -0.15) is 0 Å². The first-order valence-electron chi connectivity index (χ1n) is 15.3. The fraction of sp³-hybridized carbons (Fsp3) is 0.839. The number of rotatable bonds is 27. The summed E-state index contributed by atoms with van der Waals surface area (Å²) in [6, 6.07) is 0. The molecule has 1 unspecified atom stereocenters. The topological polar surface area (TPSA) is 92.7 Å². The third kappa shape index (κ3) is 27.0. The molecule has 216 valence electrons. The van der Waals surface area contributed by atoms with E-state index < -0.39 is 5.97 Å².